The monoisotopic (exact) mass is 331 g/mol. The summed E-state index contributed by atoms with van der Waals surface area (Å²) in [6, 6.07) is 0. The number of hydrogen-bond donors (Lipinski definition) is 2. The van der Waals surface area contributed by atoms with Crippen molar-refractivity contribution < 1.29 is 0 Å². The molecule has 0 radical (unpaired) electrons. The lowest BCUT2D eigenvalue weighted by atomic mass is 10.6. The number of aromatic nitrogens is 1. The maximum absolute atomic E-state index is 5.70. The first-order valence-corrected chi connectivity index (χ1v) is 6.90. The first-order chi connectivity index (χ1) is 7.69. The SMILES string of the molecule is CN=C(N)N(C)c1nc(CSCCN)cs1.Cl.Cl. The Balaban J connectivity index is 0. The Morgan fingerprint density at radius 1 is 1.56 bits per heavy atom. The fourth-order valence-corrected chi connectivity index (χ4v) is 2.60. The molecule has 9 heteroatoms. The molecule has 0 atom stereocenters. The van der Waals surface area contributed by atoms with Crippen LogP contribution in [0.5, 0.6) is 0 Å². The van der Waals surface area contributed by atoms with Gasteiger partial charge in [-0.15, -0.1) is 36.2 Å². The third kappa shape index (κ3) is 6.10. The summed E-state index contributed by atoms with van der Waals surface area (Å²) in [6.07, 6.45) is 0. The highest BCUT2D eigenvalue weighted by atomic mass is 35.5. The highest BCUT2D eigenvalue weighted by molar-refractivity contribution is 7.98. The van der Waals surface area contributed by atoms with Crippen LogP contribution in [0.3, 0.4) is 0 Å². The molecule has 0 saturated carbocycles. The number of aliphatic imine (C=N–C) groups is 1. The Kier molecular flexibility index (Phi) is 11.9. The molecule has 0 saturated heterocycles. The summed E-state index contributed by atoms with van der Waals surface area (Å²) in [4.78, 5) is 10.2. The quantitative estimate of drug-likeness (QED) is 0.486. The van der Waals surface area contributed by atoms with E-state index in [1.807, 2.05) is 12.4 Å². The van der Waals surface area contributed by atoms with Crippen LogP contribution in [0, 0.1) is 0 Å². The van der Waals surface area contributed by atoms with E-state index in [2.05, 4.69) is 9.98 Å². The maximum atomic E-state index is 5.70. The highest BCUT2D eigenvalue weighted by Gasteiger charge is 2.09. The van der Waals surface area contributed by atoms with E-state index >= 15 is 0 Å². The lowest BCUT2D eigenvalue weighted by molar-refractivity contribution is 1.12. The standard InChI is InChI=1S/C9H17N5S2.2ClH/c1-12-8(11)14(2)9-13-7(6-16-9)5-15-4-3-10;;/h6H,3-5,10H2,1-2H3,(H2,11,12);2*1H. The smallest absolute Gasteiger partial charge is 0.197 e. The van der Waals surface area contributed by atoms with Crippen LogP contribution in [0.4, 0.5) is 5.13 Å². The Labute approximate surface area is 128 Å². The molecule has 0 aromatic carbocycles. The predicted octanol–water partition coefficient (Wildman–Crippen LogP) is 1.56. The van der Waals surface area contributed by atoms with Crippen LogP contribution in [-0.2, 0) is 5.75 Å². The van der Waals surface area contributed by atoms with Crippen LogP contribution in [0.15, 0.2) is 10.4 Å². The summed E-state index contributed by atoms with van der Waals surface area (Å²) in [5, 5.41) is 2.91. The van der Waals surface area contributed by atoms with E-state index in [1.54, 1.807) is 35.0 Å². The lowest BCUT2D eigenvalue weighted by Gasteiger charge is -2.13. The molecule has 106 valence electrons. The van der Waals surface area contributed by atoms with E-state index in [9.17, 15) is 0 Å². The Hall–Kier alpha value is -0.210. The van der Waals surface area contributed by atoms with E-state index in [0.29, 0.717) is 12.5 Å². The normalized spacial score (nSPS) is 10.5. The molecule has 0 aliphatic heterocycles. The molecule has 0 aliphatic rings. The zero-order chi connectivity index (χ0) is 12.0. The summed E-state index contributed by atoms with van der Waals surface area (Å²) < 4.78 is 0. The first-order valence-electron chi connectivity index (χ1n) is 4.87. The molecule has 0 aliphatic carbocycles. The van der Waals surface area contributed by atoms with Crippen LogP contribution >= 0.6 is 47.9 Å². The van der Waals surface area contributed by atoms with Gasteiger partial charge in [-0.3, -0.25) is 9.89 Å². The van der Waals surface area contributed by atoms with Gasteiger partial charge >= 0.3 is 0 Å². The summed E-state index contributed by atoms with van der Waals surface area (Å²) in [5.74, 6) is 2.32. The molecule has 0 amide bonds. The number of anilines is 1. The molecule has 1 heterocycles. The first kappa shape index (κ1) is 20.1. The number of thioether (sulfide) groups is 1. The highest BCUT2D eigenvalue weighted by Crippen LogP contribution is 2.21. The van der Waals surface area contributed by atoms with Crippen LogP contribution in [0.2, 0.25) is 0 Å². The van der Waals surface area contributed by atoms with Crippen LogP contribution in [0.1, 0.15) is 5.69 Å². The molecule has 5 nitrogen and oxygen atoms in total. The second kappa shape index (κ2) is 10.7. The van der Waals surface area contributed by atoms with E-state index in [4.69, 9.17) is 11.5 Å². The average Bonchev–Trinajstić information content (AvgIpc) is 2.76. The predicted molar refractivity (Wildman–Crippen MR) is 87.8 cm³/mol. The van der Waals surface area contributed by atoms with E-state index in [-0.39, 0.29) is 24.8 Å². The number of thiazole rings is 1. The molecule has 1 rings (SSSR count). The molecule has 0 bridgehead atoms. The average molecular weight is 332 g/mol. The van der Waals surface area contributed by atoms with Gasteiger partial charge in [-0.2, -0.15) is 11.8 Å². The van der Waals surface area contributed by atoms with Crippen molar-refractivity contribution in [2.45, 2.75) is 5.75 Å². The zero-order valence-electron chi connectivity index (χ0n) is 10.3. The third-order valence-electron chi connectivity index (χ3n) is 1.91. The Bertz CT molecular complexity index is 358. The van der Waals surface area contributed by atoms with Crippen molar-refractivity contribution in [3.05, 3.63) is 11.1 Å². The van der Waals surface area contributed by atoms with Gasteiger partial charge in [0.25, 0.3) is 0 Å². The second-order valence-electron chi connectivity index (χ2n) is 3.10. The summed E-state index contributed by atoms with van der Waals surface area (Å²) >= 11 is 3.35. The molecule has 1 aromatic heterocycles. The van der Waals surface area contributed by atoms with Crippen LogP contribution in [-0.4, -0.2) is 37.3 Å². The van der Waals surface area contributed by atoms with Crippen molar-refractivity contribution in [1.82, 2.24) is 4.98 Å². The Morgan fingerprint density at radius 2 is 2.22 bits per heavy atom. The maximum Gasteiger partial charge on any atom is 0.197 e. The van der Waals surface area contributed by atoms with Crippen molar-refractivity contribution in [1.29, 1.82) is 0 Å². The Morgan fingerprint density at radius 3 is 2.78 bits per heavy atom. The lowest BCUT2D eigenvalue weighted by Crippen LogP contribution is -2.33. The number of hydrogen-bond acceptors (Lipinski definition) is 5. The zero-order valence-corrected chi connectivity index (χ0v) is 13.6. The van der Waals surface area contributed by atoms with Gasteiger partial charge in [0.15, 0.2) is 11.1 Å². The van der Waals surface area contributed by atoms with Gasteiger partial charge in [-0.1, -0.05) is 0 Å². The summed E-state index contributed by atoms with van der Waals surface area (Å²) in [7, 11) is 3.52. The molecule has 18 heavy (non-hydrogen) atoms. The molecule has 1 aromatic rings. The minimum Gasteiger partial charge on any atom is -0.369 e. The van der Waals surface area contributed by atoms with Crippen molar-refractivity contribution in [3.8, 4) is 0 Å². The fraction of sp³-hybridized carbons (Fsp3) is 0.556. The third-order valence-corrected chi connectivity index (χ3v) is 3.90. The largest absolute Gasteiger partial charge is 0.369 e. The van der Waals surface area contributed by atoms with Crippen LogP contribution < -0.4 is 16.4 Å². The number of rotatable bonds is 5. The number of guanidine groups is 1. The van der Waals surface area contributed by atoms with E-state index in [1.165, 1.54) is 0 Å². The molecular weight excluding hydrogens is 313 g/mol. The van der Waals surface area contributed by atoms with Gasteiger partial charge < -0.3 is 11.5 Å². The molecule has 0 spiro atoms. The molecule has 4 N–H and O–H groups in total. The second-order valence-corrected chi connectivity index (χ2v) is 5.05. The van der Waals surface area contributed by atoms with Gasteiger partial charge in [0, 0.05) is 37.5 Å². The fourth-order valence-electron chi connectivity index (χ4n) is 1.02. The summed E-state index contributed by atoms with van der Waals surface area (Å²) in [5.41, 5.74) is 12.2. The van der Waals surface area contributed by atoms with Gasteiger partial charge in [-0.25, -0.2) is 4.98 Å². The van der Waals surface area contributed by atoms with E-state index < -0.39 is 0 Å². The minimum absolute atomic E-state index is 0. The molecule has 0 unspecified atom stereocenters. The van der Waals surface area contributed by atoms with Crippen molar-refractivity contribution in [2.75, 3.05) is 31.3 Å². The molecule has 0 fully saturated rings. The number of nitrogens with two attached hydrogens (primary N) is 2. The number of nitrogens with zero attached hydrogens (tertiary/aromatic N) is 3. The van der Waals surface area contributed by atoms with Gasteiger partial charge in [-0.05, 0) is 0 Å². The topological polar surface area (TPSA) is 80.5 Å². The van der Waals surface area contributed by atoms with Crippen molar-refractivity contribution in [2.24, 2.45) is 16.5 Å². The minimum atomic E-state index is 0. The van der Waals surface area contributed by atoms with Gasteiger partial charge in [0.1, 0.15) is 0 Å². The van der Waals surface area contributed by atoms with Crippen LogP contribution in [0.25, 0.3) is 0 Å². The van der Waals surface area contributed by atoms with Gasteiger partial charge in [0.05, 0.1) is 5.69 Å². The summed E-state index contributed by atoms with van der Waals surface area (Å²) in [6.45, 7) is 0.705. The molecular formula is C9H19Cl2N5S2. The van der Waals surface area contributed by atoms with Gasteiger partial charge in [0.2, 0.25) is 0 Å². The van der Waals surface area contributed by atoms with Crippen molar-refractivity contribution >= 4 is 59.0 Å². The van der Waals surface area contributed by atoms with Crippen molar-refractivity contribution in [3.63, 3.8) is 0 Å². The number of halogens is 2. The van der Waals surface area contributed by atoms with E-state index in [0.717, 1.165) is 22.3 Å².